The molecule has 5 nitrogen and oxygen atoms in total. The maximum atomic E-state index is 12.6. The van der Waals surface area contributed by atoms with E-state index >= 15 is 0 Å². The number of alkyl halides is 1. The molecule has 0 aliphatic rings. The van der Waals surface area contributed by atoms with Crippen molar-refractivity contribution in [1.82, 2.24) is 5.16 Å². The van der Waals surface area contributed by atoms with E-state index in [2.05, 4.69) is 21.1 Å². The standard InChI is InChI=1S/C12H9BrFNO4/c13-7-1-2-10(19-11(6-14)12(16)17)8(5-7)9-3-4-18-15-9/h1-5,11H,6H2,(H,16,17)/t11-/m0/s1. The number of carboxylic acids is 1. The SMILES string of the molecule is O=C(O)[C@H](CF)Oc1ccc(Br)cc1-c1ccon1. The molecular weight excluding hydrogens is 321 g/mol. The molecular formula is C12H9BrFNO4. The van der Waals surface area contributed by atoms with Crippen LogP contribution in [0.25, 0.3) is 11.3 Å². The second-order valence-electron chi connectivity index (χ2n) is 3.62. The molecule has 0 bridgehead atoms. The highest BCUT2D eigenvalue weighted by Crippen LogP contribution is 2.32. The molecule has 0 radical (unpaired) electrons. The van der Waals surface area contributed by atoms with Crippen LogP contribution < -0.4 is 4.74 Å². The van der Waals surface area contributed by atoms with E-state index in [0.717, 1.165) is 4.47 Å². The molecule has 1 heterocycles. The summed E-state index contributed by atoms with van der Waals surface area (Å²) < 4.78 is 23.2. The Kier molecular flexibility index (Phi) is 4.16. The van der Waals surface area contributed by atoms with E-state index < -0.39 is 18.7 Å². The Hall–Kier alpha value is -1.89. The van der Waals surface area contributed by atoms with E-state index in [0.29, 0.717) is 11.3 Å². The van der Waals surface area contributed by atoms with Gasteiger partial charge in [-0.3, -0.25) is 0 Å². The Balaban J connectivity index is 2.37. The van der Waals surface area contributed by atoms with Crippen molar-refractivity contribution in [2.45, 2.75) is 6.10 Å². The van der Waals surface area contributed by atoms with Gasteiger partial charge in [-0.15, -0.1) is 0 Å². The number of carbonyl (C=O) groups is 1. The highest BCUT2D eigenvalue weighted by atomic mass is 79.9. The van der Waals surface area contributed by atoms with Gasteiger partial charge in [0, 0.05) is 16.1 Å². The van der Waals surface area contributed by atoms with Gasteiger partial charge < -0.3 is 14.4 Å². The Morgan fingerprint density at radius 1 is 1.53 bits per heavy atom. The molecule has 1 aromatic heterocycles. The zero-order chi connectivity index (χ0) is 13.8. The number of carboxylic acid groups (broad SMARTS) is 1. The van der Waals surface area contributed by atoms with Crippen LogP contribution in [0.2, 0.25) is 0 Å². The lowest BCUT2D eigenvalue weighted by Gasteiger charge is -2.14. The number of aliphatic carboxylic acids is 1. The predicted octanol–water partition coefficient (Wildman–Crippen LogP) is 2.91. The molecule has 0 fully saturated rings. The Labute approximate surface area is 116 Å². The summed E-state index contributed by atoms with van der Waals surface area (Å²) in [5, 5.41) is 12.6. The minimum atomic E-state index is -1.55. The number of halogens is 2. The monoisotopic (exact) mass is 329 g/mol. The van der Waals surface area contributed by atoms with Gasteiger partial charge in [-0.05, 0) is 18.2 Å². The van der Waals surface area contributed by atoms with Crippen LogP contribution in [0, 0.1) is 0 Å². The number of nitrogens with zero attached hydrogens (tertiary/aromatic N) is 1. The first-order chi connectivity index (χ1) is 9.11. The number of aromatic nitrogens is 1. The van der Waals surface area contributed by atoms with Crippen molar-refractivity contribution in [3.05, 3.63) is 35.0 Å². The lowest BCUT2D eigenvalue weighted by molar-refractivity contribution is -0.145. The fraction of sp³-hybridized carbons (Fsp3) is 0.167. The van der Waals surface area contributed by atoms with Crippen LogP contribution in [0.3, 0.4) is 0 Å². The molecule has 100 valence electrons. The third-order valence-corrected chi connectivity index (χ3v) is 2.83. The maximum absolute atomic E-state index is 12.6. The van der Waals surface area contributed by atoms with Gasteiger partial charge in [0.1, 0.15) is 24.4 Å². The molecule has 2 aromatic rings. The molecule has 0 amide bonds. The smallest absolute Gasteiger partial charge is 0.347 e. The van der Waals surface area contributed by atoms with Gasteiger partial charge >= 0.3 is 5.97 Å². The molecule has 2 rings (SSSR count). The van der Waals surface area contributed by atoms with Gasteiger partial charge in [-0.25, -0.2) is 9.18 Å². The average Bonchev–Trinajstić information content (AvgIpc) is 2.90. The first kappa shape index (κ1) is 13.5. The molecule has 0 aliphatic heterocycles. The second-order valence-corrected chi connectivity index (χ2v) is 4.54. The largest absolute Gasteiger partial charge is 0.478 e. The summed E-state index contributed by atoms with van der Waals surface area (Å²) in [6, 6.07) is 6.49. The maximum Gasteiger partial charge on any atom is 0.347 e. The lowest BCUT2D eigenvalue weighted by Crippen LogP contribution is -2.29. The zero-order valence-corrected chi connectivity index (χ0v) is 11.1. The topological polar surface area (TPSA) is 72.6 Å². The van der Waals surface area contributed by atoms with E-state index in [1.54, 1.807) is 24.3 Å². The van der Waals surface area contributed by atoms with Gasteiger partial charge in [-0.1, -0.05) is 21.1 Å². The van der Waals surface area contributed by atoms with Gasteiger partial charge in [0.05, 0.1) is 0 Å². The van der Waals surface area contributed by atoms with Crippen molar-refractivity contribution in [3.63, 3.8) is 0 Å². The van der Waals surface area contributed by atoms with Crippen molar-refractivity contribution in [2.24, 2.45) is 0 Å². The van der Waals surface area contributed by atoms with E-state index in [1.807, 2.05) is 0 Å². The first-order valence-electron chi connectivity index (χ1n) is 5.27. The number of ether oxygens (including phenoxy) is 1. The summed E-state index contributed by atoms with van der Waals surface area (Å²) in [4.78, 5) is 10.8. The summed E-state index contributed by atoms with van der Waals surface area (Å²) in [5.74, 6) is -1.14. The van der Waals surface area contributed by atoms with Gasteiger partial charge in [0.2, 0.25) is 6.10 Å². The molecule has 0 saturated carbocycles. The highest BCUT2D eigenvalue weighted by molar-refractivity contribution is 9.10. The van der Waals surface area contributed by atoms with Crippen LogP contribution in [0.4, 0.5) is 4.39 Å². The van der Waals surface area contributed by atoms with Crippen molar-refractivity contribution < 1.29 is 23.6 Å². The third kappa shape index (κ3) is 3.11. The highest BCUT2D eigenvalue weighted by Gasteiger charge is 2.21. The van der Waals surface area contributed by atoms with E-state index in [-0.39, 0.29) is 5.75 Å². The van der Waals surface area contributed by atoms with Crippen LogP contribution in [0.1, 0.15) is 0 Å². The van der Waals surface area contributed by atoms with Crippen LogP contribution in [0.15, 0.2) is 39.5 Å². The molecule has 0 unspecified atom stereocenters. The molecule has 1 aromatic carbocycles. The van der Waals surface area contributed by atoms with Gasteiger partial charge in [0.15, 0.2) is 0 Å². The van der Waals surface area contributed by atoms with Crippen molar-refractivity contribution in [2.75, 3.05) is 6.67 Å². The second kappa shape index (κ2) is 5.83. The molecule has 0 saturated heterocycles. The Bertz CT molecular complexity index is 573. The zero-order valence-electron chi connectivity index (χ0n) is 9.55. The van der Waals surface area contributed by atoms with Crippen LogP contribution >= 0.6 is 15.9 Å². The Morgan fingerprint density at radius 3 is 2.89 bits per heavy atom. The third-order valence-electron chi connectivity index (χ3n) is 2.34. The molecule has 7 heteroatoms. The van der Waals surface area contributed by atoms with E-state index in [1.165, 1.54) is 6.26 Å². The van der Waals surface area contributed by atoms with Crippen molar-refractivity contribution >= 4 is 21.9 Å². The van der Waals surface area contributed by atoms with Crippen LogP contribution in [0.5, 0.6) is 5.75 Å². The normalized spacial score (nSPS) is 12.1. The van der Waals surface area contributed by atoms with Crippen LogP contribution in [-0.2, 0) is 4.79 Å². The quantitative estimate of drug-likeness (QED) is 0.913. The first-order valence-corrected chi connectivity index (χ1v) is 6.07. The summed E-state index contributed by atoms with van der Waals surface area (Å²) >= 11 is 3.29. The molecule has 19 heavy (non-hydrogen) atoms. The average molecular weight is 330 g/mol. The summed E-state index contributed by atoms with van der Waals surface area (Å²) in [7, 11) is 0. The van der Waals surface area contributed by atoms with E-state index in [4.69, 9.17) is 14.4 Å². The van der Waals surface area contributed by atoms with E-state index in [9.17, 15) is 9.18 Å². The summed E-state index contributed by atoms with van der Waals surface area (Å²) in [6.45, 7) is -1.12. The minimum absolute atomic E-state index is 0.224. The predicted molar refractivity (Wildman–Crippen MR) is 67.7 cm³/mol. The molecule has 0 aliphatic carbocycles. The van der Waals surface area contributed by atoms with Crippen molar-refractivity contribution in [1.29, 1.82) is 0 Å². The number of hydrogen-bond donors (Lipinski definition) is 1. The van der Waals surface area contributed by atoms with Gasteiger partial charge in [0.25, 0.3) is 0 Å². The number of rotatable bonds is 5. The molecule has 0 spiro atoms. The van der Waals surface area contributed by atoms with Crippen LogP contribution in [-0.4, -0.2) is 29.0 Å². The van der Waals surface area contributed by atoms with Crippen molar-refractivity contribution in [3.8, 4) is 17.0 Å². The Morgan fingerprint density at radius 2 is 2.32 bits per heavy atom. The number of hydrogen-bond acceptors (Lipinski definition) is 4. The molecule has 1 N–H and O–H groups in total. The summed E-state index contributed by atoms with van der Waals surface area (Å²) in [6.07, 6.45) is -0.170. The minimum Gasteiger partial charge on any atom is -0.478 e. The summed E-state index contributed by atoms with van der Waals surface area (Å²) in [5.41, 5.74) is 0.988. The fourth-order valence-electron chi connectivity index (χ4n) is 1.46. The number of benzene rings is 1. The fourth-order valence-corrected chi connectivity index (χ4v) is 1.82. The van der Waals surface area contributed by atoms with Gasteiger partial charge in [-0.2, -0.15) is 0 Å². The molecule has 1 atom stereocenters. The lowest BCUT2D eigenvalue weighted by atomic mass is 10.1.